The molecule has 1 aliphatic carbocycles. The molecule has 10 nitrogen and oxygen atoms in total. The van der Waals surface area contributed by atoms with Gasteiger partial charge in [-0.25, -0.2) is 13.4 Å². The van der Waals surface area contributed by atoms with Crippen molar-refractivity contribution < 1.29 is 27.6 Å². The number of anilines is 1. The number of carbonyl (C=O) groups is 2. The van der Waals surface area contributed by atoms with Gasteiger partial charge in [-0.3, -0.25) is 14.9 Å². The fourth-order valence-corrected chi connectivity index (χ4v) is 5.69. The Morgan fingerprint density at radius 2 is 1.97 bits per heavy atom. The van der Waals surface area contributed by atoms with E-state index < -0.39 is 15.7 Å². The zero-order valence-corrected chi connectivity index (χ0v) is 20.5. The molecule has 1 saturated heterocycles. The number of oxime groups is 1. The van der Waals surface area contributed by atoms with E-state index in [0.717, 1.165) is 0 Å². The summed E-state index contributed by atoms with van der Waals surface area (Å²) in [7, 11) is 0.000606. The number of aromatic nitrogens is 1. The highest BCUT2D eigenvalue weighted by Gasteiger charge is 2.36. The largest absolute Gasteiger partial charge is 0.389 e. The van der Waals surface area contributed by atoms with Crippen LogP contribution in [0.25, 0.3) is 0 Å². The van der Waals surface area contributed by atoms with Crippen molar-refractivity contribution in [1.29, 1.82) is 0 Å². The molecule has 182 valence electrons. The normalized spacial score (nSPS) is 18.5. The number of likely N-dealkylation sites (N-methyl/N-ethyl adjacent to an activating group) is 1. The van der Waals surface area contributed by atoms with Crippen molar-refractivity contribution >= 4 is 43.8 Å². The van der Waals surface area contributed by atoms with E-state index in [0.29, 0.717) is 48.0 Å². The number of nitrogens with one attached hydrogen (secondary N) is 1. The van der Waals surface area contributed by atoms with Gasteiger partial charge in [-0.1, -0.05) is 17.3 Å². The fraction of sp³-hybridized carbons (Fsp3) is 0.455. The zero-order chi connectivity index (χ0) is 24.3. The molecule has 2 aliphatic rings. The number of sulfone groups is 1. The summed E-state index contributed by atoms with van der Waals surface area (Å²) >= 11 is 1.19. The first kappa shape index (κ1) is 24.3. The number of rotatable bonds is 9. The van der Waals surface area contributed by atoms with E-state index >= 15 is 0 Å². The molecule has 2 amide bonds. The molecule has 1 aromatic carbocycles. The monoisotopic (exact) mass is 506 g/mol. The van der Waals surface area contributed by atoms with Crippen molar-refractivity contribution in [3.63, 3.8) is 0 Å². The van der Waals surface area contributed by atoms with Crippen LogP contribution >= 0.6 is 11.3 Å². The Morgan fingerprint density at radius 3 is 2.59 bits per heavy atom. The molecule has 4 rings (SSSR count). The molecule has 0 radical (unpaired) electrons. The number of hydrogen-bond donors (Lipinski definition) is 1. The van der Waals surface area contributed by atoms with Gasteiger partial charge in [0.2, 0.25) is 5.91 Å². The molecule has 2 fully saturated rings. The van der Waals surface area contributed by atoms with Crippen molar-refractivity contribution in [2.24, 2.45) is 5.16 Å². The zero-order valence-electron chi connectivity index (χ0n) is 18.9. The summed E-state index contributed by atoms with van der Waals surface area (Å²) in [6, 6.07) is 6.06. The number of carbonyl (C=O) groups excluding carboxylic acids is 2. The Balaban J connectivity index is 1.52. The first-order chi connectivity index (χ1) is 16.2. The average molecular weight is 507 g/mol. The summed E-state index contributed by atoms with van der Waals surface area (Å²) in [6.45, 7) is 0.940. The number of hydrogen-bond acceptors (Lipinski definition) is 9. The topological polar surface area (TPSA) is 127 Å². The average Bonchev–Trinajstić information content (AvgIpc) is 3.39. The highest BCUT2D eigenvalue weighted by Crippen LogP contribution is 2.33. The van der Waals surface area contributed by atoms with E-state index in [-0.39, 0.29) is 34.3 Å². The predicted molar refractivity (Wildman–Crippen MR) is 127 cm³/mol. The van der Waals surface area contributed by atoms with Crippen LogP contribution in [0.5, 0.6) is 0 Å². The van der Waals surface area contributed by atoms with E-state index in [1.807, 2.05) is 0 Å². The smallest absolute Gasteiger partial charge is 0.280 e. The number of thiazole rings is 1. The molecule has 12 heteroatoms. The SMILES string of the molecule is CN(C)C(=O)Cc1cnc(NC(=O)/C(=N/O[C@@H]2CCOC2)c2ccc(S(=O)(=O)C3CC3)cc2)s1. The minimum Gasteiger partial charge on any atom is -0.389 e. The van der Waals surface area contributed by atoms with Crippen molar-refractivity contribution in [1.82, 2.24) is 9.88 Å². The summed E-state index contributed by atoms with van der Waals surface area (Å²) in [6.07, 6.45) is 3.47. The molecular formula is C22H26N4O6S2. The second-order valence-corrected chi connectivity index (χ2v) is 11.7. The number of amides is 2. The Labute approximate surface area is 201 Å². The molecule has 0 unspecified atom stereocenters. The molecule has 1 aromatic heterocycles. The van der Waals surface area contributed by atoms with Gasteiger partial charge in [-0.05, 0) is 25.0 Å². The maximum atomic E-state index is 13.1. The predicted octanol–water partition coefficient (Wildman–Crippen LogP) is 1.86. The van der Waals surface area contributed by atoms with E-state index in [1.54, 1.807) is 32.4 Å². The van der Waals surface area contributed by atoms with E-state index in [4.69, 9.17) is 9.57 Å². The van der Waals surface area contributed by atoms with Crippen LogP contribution in [0, 0.1) is 0 Å². The van der Waals surface area contributed by atoms with Crippen molar-refractivity contribution in [3.8, 4) is 0 Å². The lowest BCUT2D eigenvalue weighted by molar-refractivity contribution is -0.127. The second kappa shape index (κ2) is 10.2. The molecule has 1 saturated carbocycles. The van der Waals surface area contributed by atoms with Crippen molar-refractivity contribution in [3.05, 3.63) is 40.9 Å². The minimum atomic E-state index is -3.34. The van der Waals surface area contributed by atoms with Crippen molar-refractivity contribution in [2.45, 2.75) is 41.9 Å². The Hall–Kier alpha value is -2.83. The molecule has 1 N–H and O–H groups in total. The Bertz CT molecular complexity index is 1180. The summed E-state index contributed by atoms with van der Waals surface area (Å²) in [5, 5.41) is 6.77. The second-order valence-electron chi connectivity index (χ2n) is 8.35. The van der Waals surface area contributed by atoms with Crippen LogP contribution < -0.4 is 5.32 Å². The van der Waals surface area contributed by atoms with Gasteiger partial charge in [0.05, 0.1) is 29.8 Å². The summed E-state index contributed by atoms with van der Waals surface area (Å²) in [5.74, 6) is -0.631. The number of benzene rings is 1. The van der Waals surface area contributed by atoms with Gasteiger partial charge < -0.3 is 14.5 Å². The molecule has 0 bridgehead atoms. The van der Waals surface area contributed by atoms with E-state index in [1.165, 1.54) is 28.4 Å². The van der Waals surface area contributed by atoms with Crippen LogP contribution in [0.1, 0.15) is 29.7 Å². The van der Waals surface area contributed by atoms with Gasteiger partial charge in [0.1, 0.15) is 0 Å². The molecular weight excluding hydrogens is 480 g/mol. The summed E-state index contributed by atoms with van der Waals surface area (Å²) in [4.78, 5) is 37.1. The van der Waals surface area contributed by atoms with Gasteiger partial charge in [0.15, 0.2) is 26.8 Å². The molecule has 2 heterocycles. The summed E-state index contributed by atoms with van der Waals surface area (Å²) < 4.78 is 30.3. The van der Waals surface area contributed by atoms with E-state index in [2.05, 4.69) is 15.5 Å². The fourth-order valence-electron chi connectivity index (χ4n) is 3.23. The Morgan fingerprint density at radius 1 is 1.24 bits per heavy atom. The minimum absolute atomic E-state index is 0.0108. The van der Waals surface area contributed by atoms with Gasteiger partial charge in [-0.15, -0.1) is 11.3 Å². The highest BCUT2D eigenvalue weighted by atomic mass is 32.2. The van der Waals surface area contributed by atoms with Crippen LogP contribution in [-0.4, -0.2) is 74.5 Å². The van der Waals surface area contributed by atoms with Crippen LogP contribution in [-0.2, 0) is 35.4 Å². The highest BCUT2D eigenvalue weighted by molar-refractivity contribution is 7.92. The number of nitrogens with zero attached hydrogens (tertiary/aromatic N) is 3. The third kappa shape index (κ3) is 5.80. The third-order valence-corrected chi connectivity index (χ3v) is 8.60. The standard InChI is InChI=1S/C22H26N4O6S2/c1-26(2)19(27)11-16-12-23-22(33-16)24-21(28)20(25-32-15-9-10-31-13-15)14-3-5-17(6-4-14)34(29,30)18-7-8-18/h3-6,12,15,18H,7-11,13H2,1-2H3,(H,23,24,28)/b25-20+/t15-/m1/s1. The Kier molecular flexibility index (Phi) is 7.29. The lowest BCUT2D eigenvalue weighted by Gasteiger charge is -2.10. The molecule has 0 spiro atoms. The van der Waals surface area contributed by atoms with Crippen LogP contribution in [0.4, 0.5) is 5.13 Å². The quantitative estimate of drug-likeness (QED) is 0.406. The van der Waals surface area contributed by atoms with Gasteiger partial charge in [0, 0.05) is 37.2 Å². The molecule has 34 heavy (non-hydrogen) atoms. The number of ether oxygens (including phenoxy) is 1. The summed E-state index contributed by atoms with van der Waals surface area (Å²) in [5.41, 5.74) is 0.397. The first-order valence-electron chi connectivity index (χ1n) is 10.9. The lowest BCUT2D eigenvalue weighted by atomic mass is 10.1. The maximum absolute atomic E-state index is 13.1. The molecule has 2 aromatic rings. The van der Waals surface area contributed by atoms with Gasteiger partial charge >= 0.3 is 0 Å². The molecule has 1 atom stereocenters. The first-order valence-corrected chi connectivity index (χ1v) is 13.2. The van der Waals surface area contributed by atoms with Gasteiger partial charge in [-0.2, -0.15) is 0 Å². The third-order valence-electron chi connectivity index (χ3n) is 5.41. The van der Waals surface area contributed by atoms with Crippen molar-refractivity contribution in [2.75, 3.05) is 32.6 Å². The van der Waals surface area contributed by atoms with Crippen LogP contribution in [0.2, 0.25) is 0 Å². The maximum Gasteiger partial charge on any atom is 0.280 e. The molecule has 1 aliphatic heterocycles. The van der Waals surface area contributed by atoms with E-state index in [9.17, 15) is 18.0 Å². The van der Waals surface area contributed by atoms with Gasteiger partial charge in [0.25, 0.3) is 5.91 Å². The van der Waals surface area contributed by atoms with Crippen LogP contribution in [0.15, 0.2) is 40.5 Å². The van der Waals surface area contributed by atoms with Crippen LogP contribution in [0.3, 0.4) is 0 Å². The lowest BCUT2D eigenvalue weighted by Crippen LogP contribution is -2.25.